The summed E-state index contributed by atoms with van der Waals surface area (Å²) in [4.78, 5) is 12.1. The van der Waals surface area contributed by atoms with Crippen molar-refractivity contribution in [3.05, 3.63) is 60.4 Å². The quantitative estimate of drug-likeness (QED) is 0.395. The van der Waals surface area contributed by atoms with Crippen LogP contribution in [0.15, 0.2) is 59.2 Å². The number of hydrogen-bond donors (Lipinski definition) is 0. The third-order valence-corrected chi connectivity index (χ3v) is 3.85. The number of rotatable bonds is 5. The van der Waals surface area contributed by atoms with Gasteiger partial charge >= 0.3 is 5.97 Å². The third kappa shape index (κ3) is 3.21. The monoisotopic (exact) mass is 338 g/mol. The van der Waals surface area contributed by atoms with Crippen LogP contribution < -0.4 is 4.74 Å². The number of methoxy groups -OCH3 is 3. The second-order valence-electron chi connectivity index (χ2n) is 5.32. The van der Waals surface area contributed by atoms with Crippen LogP contribution in [-0.4, -0.2) is 27.3 Å². The van der Waals surface area contributed by atoms with Crippen LogP contribution >= 0.6 is 0 Å². The molecule has 0 spiro atoms. The Hall–Kier alpha value is -3.21. The van der Waals surface area contributed by atoms with E-state index in [1.165, 1.54) is 20.5 Å². The zero-order chi connectivity index (χ0) is 17.8. The maximum absolute atomic E-state index is 12.1. The SMILES string of the molecule is COC=C(C(=O)OC)c1cccc2cc(-c3ccc(OC)cc3)oc12. The minimum absolute atomic E-state index is 0.297. The molecule has 0 saturated heterocycles. The molecular formula is C20H18O5. The average Bonchev–Trinajstić information content (AvgIpc) is 3.10. The van der Waals surface area contributed by atoms with Gasteiger partial charge in [0.05, 0.1) is 27.6 Å². The Labute approximate surface area is 145 Å². The molecule has 1 heterocycles. The van der Waals surface area contributed by atoms with Gasteiger partial charge in [-0.1, -0.05) is 18.2 Å². The molecule has 0 unspecified atom stereocenters. The van der Waals surface area contributed by atoms with Crippen molar-refractivity contribution in [2.75, 3.05) is 21.3 Å². The lowest BCUT2D eigenvalue weighted by molar-refractivity contribution is -0.133. The summed E-state index contributed by atoms with van der Waals surface area (Å²) in [6.07, 6.45) is 1.36. The van der Waals surface area contributed by atoms with Crippen molar-refractivity contribution in [3.8, 4) is 17.1 Å². The number of carbonyl (C=O) groups is 1. The molecule has 3 aromatic rings. The number of para-hydroxylation sites is 1. The van der Waals surface area contributed by atoms with Crippen molar-refractivity contribution in [1.82, 2.24) is 0 Å². The van der Waals surface area contributed by atoms with E-state index >= 15 is 0 Å². The summed E-state index contributed by atoms with van der Waals surface area (Å²) in [5, 5.41) is 0.884. The van der Waals surface area contributed by atoms with Crippen molar-refractivity contribution in [2.24, 2.45) is 0 Å². The zero-order valence-electron chi connectivity index (χ0n) is 14.2. The topological polar surface area (TPSA) is 57.9 Å². The zero-order valence-corrected chi connectivity index (χ0v) is 14.2. The van der Waals surface area contributed by atoms with Gasteiger partial charge in [0.2, 0.25) is 0 Å². The summed E-state index contributed by atoms with van der Waals surface area (Å²) in [5.41, 5.74) is 2.43. The van der Waals surface area contributed by atoms with Crippen LogP contribution in [-0.2, 0) is 14.3 Å². The molecule has 0 amide bonds. The molecule has 0 fully saturated rings. The van der Waals surface area contributed by atoms with Crippen LogP contribution in [0.3, 0.4) is 0 Å². The Morgan fingerprint density at radius 3 is 2.44 bits per heavy atom. The fourth-order valence-corrected chi connectivity index (χ4v) is 2.62. The van der Waals surface area contributed by atoms with E-state index in [2.05, 4.69) is 0 Å². The average molecular weight is 338 g/mol. The first-order valence-corrected chi connectivity index (χ1v) is 7.66. The molecule has 2 aromatic carbocycles. The van der Waals surface area contributed by atoms with Gasteiger partial charge in [0.15, 0.2) is 0 Å². The largest absolute Gasteiger partial charge is 0.503 e. The maximum Gasteiger partial charge on any atom is 0.341 e. The van der Waals surface area contributed by atoms with Crippen LogP contribution in [0.4, 0.5) is 0 Å². The van der Waals surface area contributed by atoms with E-state index in [9.17, 15) is 4.79 Å². The number of furan rings is 1. The Balaban J connectivity index is 2.11. The van der Waals surface area contributed by atoms with E-state index in [0.717, 1.165) is 16.7 Å². The molecule has 0 bridgehead atoms. The summed E-state index contributed by atoms with van der Waals surface area (Å²) in [7, 11) is 4.43. The first-order chi connectivity index (χ1) is 12.2. The first kappa shape index (κ1) is 16.6. The first-order valence-electron chi connectivity index (χ1n) is 7.66. The molecule has 0 aliphatic heterocycles. The molecule has 3 rings (SSSR count). The van der Waals surface area contributed by atoms with E-state index in [4.69, 9.17) is 18.6 Å². The van der Waals surface area contributed by atoms with Gasteiger partial charge in [-0.05, 0) is 30.3 Å². The van der Waals surface area contributed by atoms with Gasteiger partial charge in [-0.3, -0.25) is 0 Å². The molecule has 0 saturated carbocycles. The predicted octanol–water partition coefficient (Wildman–Crippen LogP) is 4.27. The van der Waals surface area contributed by atoms with Gasteiger partial charge in [0.25, 0.3) is 0 Å². The fraction of sp³-hybridized carbons (Fsp3) is 0.150. The van der Waals surface area contributed by atoms with E-state index in [1.54, 1.807) is 13.2 Å². The molecule has 5 nitrogen and oxygen atoms in total. The van der Waals surface area contributed by atoms with Crippen LogP contribution in [0.2, 0.25) is 0 Å². The van der Waals surface area contributed by atoms with E-state index in [-0.39, 0.29) is 0 Å². The molecule has 0 atom stereocenters. The Morgan fingerprint density at radius 2 is 1.80 bits per heavy atom. The molecule has 0 radical (unpaired) electrons. The van der Waals surface area contributed by atoms with Gasteiger partial charge < -0.3 is 18.6 Å². The second kappa shape index (κ2) is 7.13. The molecule has 25 heavy (non-hydrogen) atoms. The minimum Gasteiger partial charge on any atom is -0.503 e. The number of hydrogen-bond acceptors (Lipinski definition) is 5. The lowest BCUT2D eigenvalue weighted by Gasteiger charge is -2.06. The summed E-state index contributed by atoms with van der Waals surface area (Å²) in [5.74, 6) is 0.986. The molecular weight excluding hydrogens is 320 g/mol. The predicted molar refractivity (Wildman–Crippen MR) is 95.2 cm³/mol. The maximum atomic E-state index is 12.1. The van der Waals surface area contributed by atoms with Gasteiger partial charge in [0, 0.05) is 16.5 Å². The van der Waals surface area contributed by atoms with E-state index in [1.807, 2.05) is 42.5 Å². The highest BCUT2D eigenvalue weighted by atomic mass is 16.5. The Kier molecular flexibility index (Phi) is 4.75. The summed E-state index contributed by atoms with van der Waals surface area (Å²) in [6, 6.07) is 15.1. The second-order valence-corrected chi connectivity index (χ2v) is 5.32. The lowest BCUT2D eigenvalue weighted by Crippen LogP contribution is -2.04. The number of carbonyl (C=O) groups excluding carboxylic acids is 1. The molecule has 0 N–H and O–H groups in total. The smallest absolute Gasteiger partial charge is 0.341 e. The highest BCUT2D eigenvalue weighted by Crippen LogP contribution is 2.33. The van der Waals surface area contributed by atoms with Crippen molar-refractivity contribution < 1.29 is 23.4 Å². The van der Waals surface area contributed by atoms with Crippen LogP contribution in [0.5, 0.6) is 5.75 Å². The summed E-state index contributed by atoms with van der Waals surface area (Å²) >= 11 is 0. The standard InChI is InChI=1S/C20H18O5/c1-22-12-17(20(21)24-3)16-6-4-5-14-11-18(25-19(14)16)13-7-9-15(23-2)10-8-13/h4-12H,1-3H3. The van der Waals surface area contributed by atoms with Crippen molar-refractivity contribution in [1.29, 1.82) is 0 Å². The molecule has 1 aromatic heterocycles. The van der Waals surface area contributed by atoms with Gasteiger partial charge in [-0.15, -0.1) is 0 Å². The van der Waals surface area contributed by atoms with Crippen LogP contribution in [0.1, 0.15) is 5.56 Å². The molecule has 128 valence electrons. The van der Waals surface area contributed by atoms with Gasteiger partial charge in [-0.2, -0.15) is 0 Å². The number of benzene rings is 2. The lowest BCUT2D eigenvalue weighted by atomic mass is 10.0. The van der Waals surface area contributed by atoms with E-state index in [0.29, 0.717) is 22.5 Å². The summed E-state index contributed by atoms with van der Waals surface area (Å²) in [6.45, 7) is 0. The van der Waals surface area contributed by atoms with Gasteiger partial charge in [-0.25, -0.2) is 4.79 Å². The minimum atomic E-state index is -0.489. The molecule has 5 heteroatoms. The third-order valence-electron chi connectivity index (χ3n) is 3.85. The van der Waals surface area contributed by atoms with E-state index < -0.39 is 5.97 Å². The number of ether oxygens (including phenoxy) is 3. The number of fused-ring (bicyclic) bond motifs is 1. The highest BCUT2D eigenvalue weighted by molar-refractivity contribution is 6.19. The van der Waals surface area contributed by atoms with Crippen molar-refractivity contribution in [2.45, 2.75) is 0 Å². The van der Waals surface area contributed by atoms with Crippen molar-refractivity contribution >= 4 is 22.5 Å². The highest BCUT2D eigenvalue weighted by Gasteiger charge is 2.19. The fourth-order valence-electron chi connectivity index (χ4n) is 2.62. The normalized spacial score (nSPS) is 11.4. The van der Waals surface area contributed by atoms with Gasteiger partial charge in [0.1, 0.15) is 22.7 Å². The van der Waals surface area contributed by atoms with Crippen LogP contribution in [0.25, 0.3) is 27.9 Å². The van der Waals surface area contributed by atoms with Crippen LogP contribution in [0, 0.1) is 0 Å². The molecule has 0 aliphatic carbocycles. The van der Waals surface area contributed by atoms with Crippen molar-refractivity contribution in [3.63, 3.8) is 0 Å². The Morgan fingerprint density at radius 1 is 1.04 bits per heavy atom. The molecule has 0 aliphatic rings. The summed E-state index contributed by atoms with van der Waals surface area (Å²) < 4.78 is 21.1. The number of esters is 1. The Bertz CT molecular complexity index is 919.